The van der Waals surface area contributed by atoms with Crippen molar-refractivity contribution in [1.29, 1.82) is 0 Å². The van der Waals surface area contributed by atoms with Crippen LogP contribution in [0.5, 0.6) is 11.5 Å². The number of esters is 2. The topological polar surface area (TPSA) is 71.1 Å². The summed E-state index contributed by atoms with van der Waals surface area (Å²) in [4.78, 5) is 23.4. The third-order valence-electron chi connectivity index (χ3n) is 6.80. The molecule has 0 spiro atoms. The van der Waals surface area contributed by atoms with Crippen LogP contribution in [0.25, 0.3) is 0 Å². The molecule has 204 valence electrons. The quantitative estimate of drug-likeness (QED) is 0.229. The Hall–Kier alpha value is -3.54. The first-order valence-electron chi connectivity index (χ1n) is 13.3. The van der Waals surface area contributed by atoms with E-state index in [9.17, 15) is 9.59 Å². The third kappa shape index (κ3) is 7.73. The second-order valence-corrected chi connectivity index (χ2v) is 10.3. The summed E-state index contributed by atoms with van der Waals surface area (Å²) < 4.78 is 22.3. The first kappa shape index (κ1) is 29.0. The Morgan fingerprint density at radius 2 is 1.08 bits per heavy atom. The van der Waals surface area contributed by atoms with Crippen LogP contribution in [0.15, 0.2) is 72.8 Å². The van der Waals surface area contributed by atoms with Gasteiger partial charge in [0.25, 0.3) is 0 Å². The van der Waals surface area contributed by atoms with Gasteiger partial charge in [-0.2, -0.15) is 0 Å². The highest BCUT2D eigenvalue weighted by atomic mass is 16.6. The molecule has 38 heavy (non-hydrogen) atoms. The molecule has 1 aliphatic rings. The van der Waals surface area contributed by atoms with E-state index in [1.807, 2.05) is 24.3 Å². The fourth-order valence-electron chi connectivity index (χ4n) is 4.70. The summed E-state index contributed by atoms with van der Waals surface area (Å²) in [5.41, 5.74) is 3.21. The molecule has 1 aliphatic carbocycles. The van der Waals surface area contributed by atoms with E-state index in [1.54, 1.807) is 27.7 Å². The van der Waals surface area contributed by atoms with Gasteiger partial charge in [0.15, 0.2) is 0 Å². The van der Waals surface area contributed by atoms with Crippen LogP contribution in [0.4, 0.5) is 0 Å². The zero-order valence-electron chi connectivity index (χ0n) is 23.1. The summed E-state index contributed by atoms with van der Waals surface area (Å²) in [6.07, 6.45) is 5.01. The molecule has 0 saturated heterocycles. The van der Waals surface area contributed by atoms with Gasteiger partial charge < -0.3 is 18.9 Å². The molecule has 1 fully saturated rings. The van der Waals surface area contributed by atoms with E-state index >= 15 is 0 Å². The summed E-state index contributed by atoms with van der Waals surface area (Å²) in [5, 5.41) is 0. The maximum absolute atomic E-state index is 11.7. The number of benzene rings is 2. The number of rotatable bonds is 12. The molecular weight excluding hydrogens is 480 g/mol. The van der Waals surface area contributed by atoms with Crippen molar-refractivity contribution < 1.29 is 28.5 Å². The first-order chi connectivity index (χ1) is 18.1. The Balaban J connectivity index is 1.66. The van der Waals surface area contributed by atoms with Gasteiger partial charge in [-0.05, 0) is 75.9 Å². The maximum atomic E-state index is 11.7. The lowest BCUT2D eigenvalue weighted by atomic mass is 9.65. The largest absolute Gasteiger partial charge is 0.490 e. The minimum atomic E-state index is -0.409. The van der Waals surface area contributed by atoms with E-state index in [0.29, 0.717) is 11.1 Å². The van der Waals surface area contributed by atoms with Crippen molar-refractivity contribution in [2.45, 2.75) is 77.4 Å². The molecule has 0 N–H and O–H groups in total. The van der Waals surface area contributed by atoms with E-state index in [0.717, 1.165) is 24.3 Å². The minimum Gasteiger partial charge on any atom is -0.490 e. The fourth-order valence-corrected chi connectivity index (χ4v) is 4.70. The lowest BCUT2D eigenvalue weighted by molar-refractivity contribution is -0.145. The van der Waals surface area contributed by atoms with Crippen molar-refractivity contribution in [3.8, 4) is 11.5 Å². The monoisotopic (exact) mass is 520 g/mol. The molecule has 0 amide bonds. The molecule has 2 unspecified atom stereocenters. The second kappa shape index (κ2) is 13.3. The Morgan fingerprint density at radius 3 is 1.42 bits per heavy atom. The molecule has 0 aromatic heterocycles. The van der Waals surface area contributed by atoms with Gasteiger partial charge in [-0.25, -0.2) is 9.59 Å². The molecule has 0 aliphatic heterocycles. The summed E-state index contributed by atoms with van der Waals surface area (Å²) in [7, 11) is 0. The third-order valence-corrected chi connectivity index (χ3v) is 6.80. The lowest BCUT2D eigenvalue weighted by Crippen LogP contribution is -2.30. The van der Waals surface area contributed by atoms with Gasteiger partial charge in [0.05, 0.1) is 0 Å². The Labute approximate surface area is 226 Å². The number of hydrogen-bond donors (Lipinski definition) is 0. The van der Waals surface area contributed by atoms with E-state index < -0.39 is 11.9 Å². The summed E-state index contributed by atoms with van der Waals surface area (Å²) in [6, 6.07) is 16.5. The minimum absolute atomic E-state index is 0.0655. The fraction of sp³-hybridized carbons (Fsp3) is 0.438. The van der Waals surface area contributed by atoms with Gasteiger partial charge in [-0.1, -0.05) is 56.7 Å². The SMILES string of the molecule is C=C(C)C(=O)OC(C)COc1ccc(C2(c3ccc(OCC(C)OC(=O)C(=C)C)cc3)CCCCC2)cc1. The summed E-state index contributed by atoms with van der Waals surface area (Å²) >= 11 is 0. The highest BCUT2D eigenvalue weighted by Gasteiger charge is 2.35. The average Bonchev–Trinajstić information content (AvgIpc) is 2.91. The van der Waals surface area contributed by atoms with Gasteiger partial charge in [0, 0.05) is 16.6 Å². The van der Waals surface area contributed by atoms with Gasteiger partial charge in [0.2, 0.25) is 0 Å². The molecule has 0 radical (unpaired) electrons. The van der Waals surface area contributed by atoms with E-state index in [2.05, 4.69) is 37.4 Å². The van der Waals surface area contributed by atoms with Crippen LogP contribution in [0, 0.1) is 0 Å². The molecule has 6 heteroatoms. The predicted octanol–water partition coefficient (Wildman–Crippen LogP) is 6.71. The van der Waals surface area contributed by atoms with Crippen molar-refractivity contribution in [3.63, 3.8) is 0 Å². The highest BCUT2D eigenvalue weighted by Crippen LogP contribution is 2.45. The van der Waals surface area contributed by atoms with Gasteiger partial charge >= 0.3 is 11.9 Å². The van der Waals surface area contributed by atoms with Crippen molar-refractivity contribution in [2.75, 3.05) is 13.2 Å². The summed E-state index contributed by atoms with van der Waals surface area (Å²) in [5.74, 6) is 0.659. The smallest absolute Gasteiger partial charge is 0.333 e. The van der Waals surface area contributed by atoms with Gasteiger partial charge in [0.1, 0.15) is 36.9 Å². The molecule has 0 bridgehead atoms. The van der Waals surface area contributed by atoms with Crippen LogP contribution in [0.3, 0.4) is 0 Å². The maximum Gasteiger partial charge on any atom is 0.333 e. The van der Waals surface area contributed by atoms with Gasteiger partial charge in [-0.15, -0.1) is 0 Å². The van der Waals surface area contributed by atoms with Crippen molar-refractivity contribution >= 4 is 11.9 Å². The zero-order valence-corrected chi connectivity index (χ0v) is 23.1. The Morgan fingerprint density at radius 1 is 0.711 bits per heavy atom. The predicted molar refractivity (Wildman–Crippen MR) is 148 cm³/mol. The molecular formula is C32H40O6. The standard InChI is InChI=1S/C32H40O6/c1-22(2)30(33)37-24(5)20-35-28-14-10-26(11-15-28)32(18-8-7-9-19-32)27-12-16-29(17-13-27)36-21-25(6)38-31(34)23(3)4/h10-17,24-25H,1,3,7-9,18-21H2,2,4-6H3. The average molecular weight is 521 g/mol. The van der Waals surface area contributed by atoms with E-state index in [-0.39, 0.29) is 30.8 Å². The number of hydrogen-bond acceptors (Lipinski definition) is 6. The van der Waals surface area contributed by atoms with E-state index in [4.69, 9.17) is 18.9 Å². The van der Waals surface area contributed by atoms with Gasteiger partial charge in [-0.3, -0.25) is 0 Å². The number of carbonyl (C=O) groups excluding carboxylic acids is 2. The first-order valence-corrected chi connectivity index (χ1v) is 13.3. The molecule has 2 aromatic rings. The number of carbonyl (C=O) groups is 2. The normalized spacial score (nSPS) is 16.0. The molecule has 1 saturated carbocycles. The highest BCUT2D eigenvalue weighted by molar-refractivity contribution is 5.87. The number of ether oxygens (including phenoxy) is 4. The summed E-state index contributed by atoms with van der Waals surface area (Å²) in [6.45, 7) is 14.6. The Kier molecular flexibility index (Phi) is 10.2. The van der Waals surface area contributed by atoms with Crippen LogP contribution in [-0.2, 0) is 24.5 Å². The van der Waals surface area contributed by atoms with Crippen LogP contribution in [-0.4, -0.2) is 37.4 Å². The molecule has 0 heterocycles. The lowest BCUT2D eigenvalue weighted by Gasteiger charge is -2.38. The van der Waals surface area contributed by atoms with E-state index in [1.165, 1.54) is 30.4 Å². The van der Waals surface area contributed by atoms with Crippen LogP contribution >= 0.6 is 0 Å². The molecule has 3 rings (SSSR count). The molecule has 6 nitrogen and oxygen atoms in total. The Bertz CT molecular complexity index is 1030. The van der Waals surface area contributed by atoms with Crippen LogP contribution < -0.4 is 9.47 Å². The van der Waals surface area contributed by atoms with Crippen molar-refractivity contribution in [1.82, 2.24) is 0 Å². The molecule has 2 atom stereocenters. The van der Waals surface area contributed by atoms with Crippen LogP contribution in [0.2, 0.25) is 0 Å². The van der Waals surface area contributed by atoms with Crippen LogP contribution in [0.1, 0.15) is 70.9 Å². The zero-order chi connectivity index (χ0) is 27.7. The van der Waals surface area contributed by atoms with Crippen molar-refractivity contribution in [3.05, 3.63) is 84.0 Å². The van der Waals surface area contributed by atoms with Crippen molar-refractivity contribution in [2.24, 2.45) is 0 Å². The second-order valence-electron chi connectivity index (χ2n) is 10.3. The molecule has 2 aromatic carbocycles.